The molecule has 0 fully saturated rings. The largest absolute Gasteiger partial charge is 0.495 e. The van der Waals surface area contributed by atoms with E-state index >= 15 is 0 Å². The van der Waals surface area contributed by atoms with Gasteiger partial charge in [0.2, 0.25) is 5.91 Å². The van der Waals surface area contributed by atoms with Gasteiger partial charge in [0.25, 0.3) is 0 Å². The van der Waals surface area contributed by atoms with Crippen LogP contribution in [0.25, 0.3) is 0 Å². The van der Waals surface area contributed by atoms with Gasteiger partial charge in [0, 0.05) is 12.4 Å². The number of para-hydroxylation sites is 2. The fraction of sp³-hybridized carbons (Fsp3) is 0.190. The minimum absolute atomic E-state index is 0.0512. The van der Waals surface area contributed by atoms with Crippen LogP contribution in [0.4, 0.5) is 5.69 Å². The molecule has 25 heavy (non-hydrogen) atoms. The summed E-state index contributed by atoms with van der Waals surface area (Å²) in [7, 11) is 1.60. The average molecular weight is 334 g/mol. The van der Waals surface area contributed by atoms with E-state index in [9.17, 15) is 4.79 Å². The highest BCUT2D eigenvalue weighted by Gasteiger charge is 2.18. The monoisotopic (exact) mass is 334 g/mol. The summed E-state index contributed by atoms with van der Waals surface area (Å²) in [6, 6.07) is 19.6. The third-order valence-electron chi connectivity index (χ3n) is 4.17. The lowest BCUT2D eigenvalue weighted by Gasteiger charge is -2.20. The fourth-order valence-corrected chi connectivity index (χ4v) is 2.95. The van der Waals surface area contributed by atoms with Gasteiger partial charge in [-0.2, -0.15) is 0 Å². The standard InChI is InChI=1S/C21H22N2O2/c1-16-8-7-9-17(14-16)19(23-12-5-6-13-23)15-21(24)22-18-10-3-4-11-20(18)25-2/h3-14,19H,15H2,1-2H3,(H,22,24). The number of benzene rings is 2. The number of nitrogens with zero attached hydrogens (tertiary/aromatic N) is 1. The topological polar surface area (TPSA) is 43.3 Å². The number of carbonyl (C=O) groups is 1. The Bertz CT molecular complexity index is 841. The van der Waals surface area contributed by atoms with E-state index in [0.717, 1.165) is 5.56 Å². The van der Waals surface area contributed by atoms with Crippen molar-refractivity contribution in [3.63, 3.8) is 0 Å². The van der Waals surface area contributed by atoms with E-state index in [4.69, 9.17) is 4.74 Å². The minimum Gasteiger partial charge on any atom is -0.495 e. The minimum atomic E-state index is -0.0513. The molecule has 0 aliphatic heterocycles. The molecule has 128 valence electrons. The molecule has 3 aromatic rings. The first-order valence-electron chi connectivity index (χ1n) is 8.29. The zero-order chi connectivity index (χ0) is 17.6. The summed E-state index contributed by atoms with van der Waals surface area (Å²) in [5.41, 5.74) is 2.98. The van der Waals surface area contributed by atoms with E-state index < -0.39 is 0 Å². The highest BCUT2D eigenvalue weighted by atomic mass is 16.5. The highest BCUT2D eigenvalue weighted by Crippen LogP contribution is 2.26. The lowest BCUT2D eigenvalue weighted by molar-refractivity contribution is -0.116. The number of rotatable bonds is 6. The smallest absolute Gasteiger partial charge is 0.226 e. The maximum Gasteiger partial charge on any atom is 0.226 e. The number of hydrogen-bond acceptors (Lipinski definition) is 2. The summed E-state index contributed by atoms with van der Waals surface area (Å²) in [6.45, 7) is 2.06. The van der Waals surface area contributed by atoms with Crippen molar-refractivity contribution in [1.82, 2.24) is 4.57 Å². The van der Waals surface area contributed by atoms with Crippen LogP contribution in [0.2, 0.25) is 0 Å². The van der Waals surface area contributed by atoms with Crippen LogP contribution in [0.5, 0.6) is 5.75 Å². The number of aryl methyl sites for hydroxylation is 1. The van der Waals surface area contributed by atoms with E-state index in [-0.39, 0.29) is 11.9 Å². The van der Waals surface area contributed by atoms with Gasteiger partial charge in [0.1, 0.15) is 5.75 Å². The molecule has 0 aliphatic carbocycles. The van der Waals surface area contributed by atoms with Gasteiger partial charge in [-0.05, 0) is 36.8 Å². The van der Waals surface area contributed by atoms with E-state index in [2.05, 4.69) is 35.0 Å². The summed E-state index contributed by atoms with van der Waals surface area (Å²) < 4.78 is 7.37. The second kappa shape index (κ2) is 7.71. The lowest BCUT2D eigenvalue weighted by atomic mass is 10.0. The normalized spacial score (nSPS) is 11.8. The van der Waals surface area contributed by atoms with E-state index in [1.54, 1.807) is 7.11 Å². The molecule has 1 atom stereocenters. The van der Waals surface area contributed by atoms with Crippen LogP contribution < -0.4 is 10.1 Å². The summed E-state index contributed by atoms with van der Waals surface area (Å²) in [4.78, 5) is 12.7. The van der Waals surface area contributed by atoms with Gasteiger partial charge < -0.3 is 14.6 Å². The number of anilines is 1. The second-order valence-corrected chi connectivity index (χ2v) is 6.01. The summed E-state index contributed by atoms with van der Waals surface area (Å²) in [5.74, 6) is 0.605. The number of hydrogen-bond donors (Lipinski definition) is 1. The van der Waals surface area contributed by atoms with Gasteiger partial charge in [-0.15, -0.1) is 0 Å². The Morgan fingerprint density at radius 3 is 2.56 bits per heavy atom. The summed E-state index contributed by atoms with van der Waals surface area (Å²) >= 11 is 0. The maximum absolute atomic E-state index is 12.7. The number of ether oxygens (including phenoxy) is 1. The Morgan fingerprint density at radius 2 is 1.84 bits per heavy atom. The molecule has 0 spiro atoms. The first-order valence-corrected chi connectivity index (χ1v) is 8.29. The molecule has 0 saturated carbocycles. The zero-order valence-corrected chi connectivity index (χ0v) is 14.5. The molecular formula is C21H22N2O2. The van der Waals surface area contributed by atoms with Crippen LogP contribution in [-0.4, -0.2) is 17.6 Å². The number of methoxy groups -OCH3 is 1. The molecule has 0 aliphatic rings. The second-order valence-electron chi connectivity index (χ2n) is 6.01. The molecule has 3 rings (SSSR count). The van der Waals surface area contributed by atoms with Crippen molar-refractivity contribution < 1.29 is 9.53 Å². The van der Waals surface area contributed by atoms with Gasteiger partial charge in [-0.1, -0.05) is 42.0 Å². The van der Waals surface area contributed by atoms with Gasteiger partial charge in [0.05, 0.1) is 25.3 Å². The Balaban J connectivity index is 1.82. The van der Waals surface area contributed by atoms with Crippen LogP contribution in [0.15, 0.2) is 73.1 Å². The van der Waals surface area contributed by atoms with Gasteiger partial charge in [-0.25, -0.2) is 0 Å². The van der Waals surface area contributed by atoms with Crippen LogP contribution >= 0.6 is 0 Å². The maximum atomic E-state index is 12.7. The molecule has 0 bridgehead atoms. The molecule has 1 N–H and O–H groups in total. The van der Waals surface area contributed by atoms with Crippen molar-refractivity contribution in [2.45, 2.75) is 19.4 Å². The van der Waals surface area contributed by atoms with Crippen molar-refractivity contribution in [1.29, 1.82) is 0 Å². The molecule has 1 heterocycles. The fourth-order valence-electron chi connectivity index (χ4n) is 2.95. The van der Waals surface area contributed by atoms with Crippen LogP contribution in [0.1, 0.15) is 23.6 Å². The molecule has 4 heteroatoms. The number of aromatic nitrogens is 1. The number of carbonyl (C=O) groups excluding carboxylic acids is 1. The molecule has 0 radical (unpaired) electrons. The molecule has 4 nitrogen and oxygen atoms in total. The Labute approximate surface area is 148 Å². The molecule has 0 saturated heterocycles. The zero-order valence-electron chi connectivity index (χ0n) is 14.5. The lowest BCUT2D eigenvalue weighted by Crippen LogP contribution is -2.20. The van der Waals surface area contributed by atoms with E-state index in [1.807, 2.05) is 54.9 Å². The van der Waals surface area contributed by atoms with Crippen molar-refractivity contribution in [3.05, 3.63) is 84.2 Å². The molecule has 2 aromatic carbocycles. The Morgan fingerprint density at radius 1 is 1.08 bits per heavy atom. The van der Waals surface area contributed by atoms with Crippen molar-refractivity contribution in [2.75, 3.05) is 12.4 Å². The Hall–Kier alpha value is -3.01. The third-order valence-corrected chi connectivity index (χ3v) is 4.17. The first-order chi connectivity index (χ1) is 12.2. The predicted octanol–water partition coefficient (Wildman–Crippen LogP) is 4.42. The third kappa shape index (κ3) is 4.10. The first kappa shape index (κ1) is 16.8. The van der Waals surface area contributed by atoms with Crippen LogP contribution in [0.3, 0.4) is 0 Å². The quantitative estimate of drug-likeness (QED) is 0.725. The molecule has 1 unspecified atom stereocenters. The van der Waals surface area contributed by atoms with Crippen molar-refractivity contribution >= 4 is 11.6 Å². The summed E-state index contributed by atoms with van der Waals surface area (Å²) in [5, 5.41) is 2.96. The number of nitrogens with one attached hydrogen (secondary N) is 1. The molecule has 1 aromatic heterocycles. The predicted molar refractivity (Wildman–Crippen MR) is 100.0 cm³/mol. The van der Waals surface area contributed by atoms with E-state index in [1.165, 1.54) is 5.56 Å². The van der Waals surface area contributed by atoms with Crippen LogP contribution in [-0.2, 0) is 4.79 Å². The Kier molecular flexibility index (Phi) is 5.19. The van der Waals surface area contributed by atoms with Gasteiger partial charge in [0.15, 0.2) is 0 Å². The summed E-state index contributed by atoms with van der Waals surface area (Å²) in [6.07, 6.45) is 4.32. The molecule has 1 amide bonds. The van der Waals surface area contributed by atoms with Crippen LogP contribution in [0, 0.1) is 6.92 Å². The van der Waals surface area contributed by atoms with E-state index in [0.29, 0.717) is 17.9 Å². The van der Waals surface area contributed by atoms with Gasteiger partial charge in [-0.3, -0.25) is 4.79 Å². The average Bonchev–Trinajstić information content (AvgIpc) is 3.14. The van der Waals surface area contributed by atoms with Crippen molar-refractivity contribution in [3.8, 4) is 5.75 Å². The highest BCUT2D eigenvalue weighted by molar-refractivity contribution is 5.92. The van der Waals surface area contributed by atoms with Gasteiger partial charge >= 0.3 is 0 Å². The molecular weight excluding hydrogens is 312 g/mol. The number of amides is 1. The van der Waals surface area contributed by atoms with Crippen molar-refractivity contribution in [2.24, 2.45) is 0 Å². The SMILES string of the molecule is COc1ccccc1NC(=O)CC(c1cccc(C)c1)n1cccc1.